The second-order valence-corrected chi connectivity index (χ2v) is 6.88. The van der Waals surface area contributed by atoms with Gasteiger partial charge in [0.15, 0.2) is 0 Å². The third-order valence-corrected chi connectivity index (χ3v) is 3.56. The van der Waals surface area contributed by atoms with E-state index in [1.54, 1.807) is 11.0 Å². The molecular weight excluding hydrogens is 306 g/mol. The fraction of sp³-hybridized carbons (Fsp3) is 0.667. The number of H-pyrrole nitrogens is 1. The van der Waals surface area contributed by atoms with Crippen LogP contribution in [0.15, 0.2) is 16.9 Å². The van der Waals surface area contributed by atoms with Gasteiger partial charge in [0.2, 0.25) is 5.56 Å². The van der Waals surface area contributed by atoms with E-state index < -0.39 is 5.60 Å². The van der Waals surface area contributed by atoms with Gasteiger partial charge in [-0.25, -0.2) is 4.79 Å². The summed E-state index contributed by atoms with van der Waals surface area (Å²) in [5.41, 5.74) is 0.344. The summed E-state index contributed by atoms with van der Waals surface area (Å²) < 4.78 is 5.42. The molecule has 6 nitrogen and oxygen atoms in total. The normalized spacial score (nSPS) is 17.9. The molecule has 0 spiro atoms. The molecule has 2 heterocycles. The zero-order chi connectivity index (χ0) is 18.5. The molecule has 1 N–H and O–H groups in total. The lowest BCUT2D eigenvalue weighted by molar-refractivity contribution is 0.0218. The highest BCUT2D eigenvalue weighted by Gasteiger charge is 2.30. The Morgan fingerprint density at radius 3 is 2.38 bits per heavy atom. The van der Waals surface area contributed by atoms with Crippen molar-refractivity contribution in [1.82, 2.24) is 9.88 Å². The number of aromatic nitrogens is 1. The van der Waals surface area contributed by atoms with Gasteiger partial charge in [-0.2, -0.15) is 0 Å². The van der Waals surface area contributed by atoms with Crippen LogP contribution in [0.3, 0.4) is 0 Å². The van der Waals surface area contributed by atoms with Crippen LogP contribution >= 0.6 is 0 Å². The van der Waals surface area contributed by atoms with E-state index in [2.05, 4.69) is 9.88 Å². The third kappa shape index (κ3) is 5.58. The Balaban J connectivity index is 0.00000139. The smallest absolute Gasteiger partial charge is 0.410 e. The molecule has 1 unspecified atom stereocenters. The zero-order valence-corrected chi connectivity index (χ0v) is 16.0. The highest BCUT2D eigenvalue weighted by Crippen LogP contribution is 2.19. The summed E-state index contributed by atoms with van der Waals surface area (Å²) in [6, 6.07) is 3.64. The topological polar surface area (TPSA) is 65.6 Å². The Labute approximate surface area is 144 Å². The molecule has 1 atom stereocenters. The molecule has 1 aliphatic rings. The van der Waals surface area contributed by atoms with Crippen LogP contribution in [0.4, 0.5) is 10.6 Å². The van der Waals surface area contributed by atoms with Crippen LogP contribution in [0.25, 0.3) is 0 Å². The van der Waals surface area contributed by atoms with Crippen molar-refractivity contribution in [3.63, 3.8) is 0 Å². The van der Waals surface area contributed by atoms with Crippen LogP contribution in [0.5, 0.6) is 0 Å². The van der Waals surface area contributed by atoms with Crippen molar-refractivity contribution in [1.29, 1.82) is 0 Å². The Morgan fingerprint density at radius 1 is 1.25 bits per heavy atom. The number of aromatic amines is 1. The number of pyridine rings is 1. The van der Waals surface area contributed by atoms with E-state index in [1.807, 2.05) is 54.5 Å². The van der Waals surface area contributed by atoms with E-state index in [1.165, 1.54) is 0 Å². The first kappa shape index (κ1) is 20.1. The molecular formula is C18H31N3O3. The molecule has 1 aliphatic heterocycles. The summed E-state index contributed by atoms with van der Waals surface area (Å²) in [5, 5.41) is 0. The number of amides is 1. The molecule has 1 amide bonds. The fourth-order valence-corrected chi connectivity index (χ4v) is 2.63. The number of carbonyl (C=O) groups is 1. The molecule has 0 bridgehead atoms. The maximum absolute atomic E-state index is 12.1. The molecule has 24 heavy (non-hydrogen) atoms. The molecule has 2 rings (SSSR count). The number of nitrogens with zero attached hydrogens (tertiary/aromatic N) is 2. The molecule has 6 heteroatoms. The molecule has 1 aromatic rings. The van der Waals surface area contributed by atoms with Gasteiger partial charge in [0.05, 0.1) is 0 Å². The van der Waals surface area contributed by atoms with Crippen LogP contribution in [0.2, 0.25) is 0 Å². The van der Waals surface area contributed by atoms with E-state index in [4.69, 9.17) is 4.74 Å². The minimum absolute atomic E-state index is 0.100. The third-order valence-electron chi connectivity index (χ3n) is 3.56. The molecule has 136 valence electrons. The van der Waals surface area contributed by atoms with Gasteiger partial charge in [-0.05, 0) is 46.2 Å². The van der Waals surface area contributed by atoms with Gasteiger partial charge in [0, 0.05) is 31.7 Å². The van der Waals surface area contributed by atoms with Gasteiger partial charge in [0.1, 0.15) is 11.4 Å². The van der Waals surface area contributed by atoms with Crippen molar-refractivity contribution in [2.24, 2.45) is 0 Å². The van der Waals surface area contributed by atoms with Crippen LogP contribution in [0, 0.1) is 6.92 Å². The second-order valence-electron chi connectivity index (χ2n) is 6.88. The summed E-state index contributed by atoms with van der Waals surface area (Å²) >= 11 is 0. The van der Waals surface area contributed by atoms with Crippen molar-refractivity contribution in [2.45, 2.75) is 60.1 Å². The predicted octanol–water partition coefficient (Wildman–Crippen LogP) is 3.16. The van der Waals surface area contributed by atoms with Crippen molar-refractivity contribution in [3.8, 4) is 0 Å². The Morgan fingerprint density at radius 2 is 1.88 bits per heavy atom. The predicted molar refractivity (Wildman–Crippen MR) is 97.8 cm³/mol. The monoisotopic (exact) mass is 337 g/mol. The lowest BCUT2D eigenvalue weighted by atomic mass is 10.1. The van der Waals surface area contributed by atoms with Gasteiger partial charge in [-0.1, -0.05) is 13.8 Å². The number of hydrogen-bond acceptors (Lipinski definition) is 4. The lowest BCUT2D eigenvalue weighted by Crippen LogP contribution is -2.55. The molecule has 0 aliphatic carbocycles. The standard InChI is InChI=1S/C16H25N3O3.C2H6/c1-11-8-13(17-14(20)9-11)19-7-6-18(10-12(19)2)15(21)22-16(3,4)5;1-2/h8-9,12H,6-7,10H2,1-5H3,(H,17,20);1-2H3. The van der Waals surface area contributed by atoms with Crippen LogP contribution in [0.1, 0.15) is 47.1 Å². The maximum Gasteiger partial charge on any atom is 0.410 e. The number of piperazine rings is 1. The van der Waals surface area contributed by atoms with Crippen molar-refractivity contribution < 1.29 is 9.53 Å². The van der Waals surface area contributed by atoms with E-state index in [-0.39, 0.29) is 17.7 Å². The van der Waals surface area contributed by atoms with Crippen LogP contribution in [-0.4, -0.2) is 47.3 Å². The van der Waals surface area contributed by atoms with Gasteiger partial charge < -0.3 is 19.5 Å². The van der Waals surface area contributed by atoms with Crippen molar-refractivity contribution in [2.75, 3.05) is 24.5 Å². The second kappa shape index (κ2) is 8.22. The quantitative estimate of drug-likeness (QED) is 0.855. The summed E-state index contributed by atoms with van der Waals surface area (Å²) in [7, 11) is 0. The van der Waals surface area contributed by atoms with Crippen LogP contribution in [-0.2, 0) is 4.74 Å². The van der Waals surface area contributed by atoms with Gasteiger partial charge in [-0.15, -0.1) is 0 Å². The Hall–Kier alpha value is -1.98. The van der Waals surface area contributed by atoms with Gasteiger partial charge >= 0.3 is 6.09 Å². The lowest BCUT2D eigenvalue weighted by Gasteiger charge is -2.41. The average Bonchev–Trinajstić information content (AvgIpc) is 2.46. The SMILES string of the molecule is CC.Cc1cc(N2CCN(C(=O)OC(C)(C)C)CC2C)[nH]c(=O)c1. The molecule has 1 fully saturated rings. The largest absolute Gasteiger partial charge is 0.444 e. The maximum atomic E-state index is 12.1. The molecule has 0 aromatic carbocycles. The summed E-state index contributed by atoms with van der Waals surface area (Å²) in [5.74, 6) is 0.807. The first-order valence-corrected chi connectivity index (χ1v) is 8.61. The highest BCUT2D eigenvalue weighted by atomic mass is 16.6. The number of aryl methyl sites for hydroxylation is 1. The zero-order valence-electron chi connectivity index (χ0n) is 16.0. The Kier molecular flexibility index (Phi) is 6.87. The van der Waals surface area contributed by atoms with Gasteiger partial charge in [-0.3, -0.25) is 4.79 Å². The van der Waals surface area contributed by atoms with E-state index in [0.717, 1.165) is 11.4 Å². The summed E-state index contributed by atoms with van der Waals surface area (Å²) in [6.07, 6.45) is -0.281. The van der Waals surface area contributed by atoms with Crippen molar-refractivity contribution >= 4 is 11.9 Å². The Bertz CT molecular complexity index is 604. The van der Waals surface area contributed by atoms with Crippen LogP contribution < -0.4 is 10.5 Å². The van der Waals surface area contributed by atoms with E-state index in [0.29, 0.717) is 19.6 Å². The number of carbonyl (C=O) groups excluding carboxylic acids is 1. The minimum atomic E-state index is -0.487. The van der Waals surface area contributed by atoms with Gasteiger partial charge in [0.25, 0.3) is 0 Å². The average molecular weight is 337 g/mol. The first-order valence-electron chi connectivity index (χ1n) is 8.61. The molecule has 0 radical (unpaired) electrons. The number of rotatable bonds is 1. The number of ether oxygens (including phenoxy) is 1. The van der Waals surface area contributed by atoms with E-state index >= 15 is 0 Å². The number of anilines is 1. The molecule has 1 aromatic heterocycles. The van der Waals surface area contributed by atoms with Crippen molar-refractivity contribution in [3.05, 3.63) is 28.0 Å². The highest BCUT2D eigenvalue weighted by molar-refractivity contribution is 5.68. The number of nitrogens with one attached hydrogen (secondary N) is 1. The number of hydrogen-bond donors (Lipinski definition) is 1. The summed E-state index contributed by atoms with van der Waals surface area (Å²) in [4.78, 5) is 30.5. The summed E-state index contributed by atoms with van der Waals surface area (Å²) in [6.45, 7) is 15.4. The first-order chi connectivity index (χ1) is 11.2. The minimum Gasteiger partial charge on any atom is -0.444 e. The fourth-order valence-electron chi connectivity index (χ4n) is 2.63. The molecule has 1 saturated heterocycles. The molecule has 0 saturated carbocycles. The van der Waals surface area contributed by atoms with E-state index in [9.17, 15) is 9.59 Å².